The van der Waals surface area contributed by atoms with E-state index in [1.807, 2.05) is 43.3 Å². The van der Waals surface area contributed by atoms with E-state index in [0.29, 0.717) is 35.4 Å². The number of fused-ring (bicyclic) bond motifs is 1. The summed E-state index contributed by atoms with van der Waals surface area (Å²) in [6.45, 7) is 2.60. The van der Waals surface area contributed by atoms with Crippen LogP contribution in [0.1, 0.15) is 12.5 Å². The summed E-state index contributed by atoms with van der Waals surface area (Å²) < 4.78 is 23.6. The van der Waals surface area contributed by atoms with Crippen LogP contribution in [-0.2, 0) is 0 Å². The van der Waals surface area contributed by atoms with Crippen LogP contribution < -0.4 is 18.9 Å². The Hall–Kier alpha value is -3.20. The van der Waals surface area contributed by atoms with Gasteiger partial charge in [-0.1, -0.05) is 11.8 Å². The highest BCUT2D eigenvalue weighted by Gasteiger charge is 2.23. The molecule has 1 aliphatic heterocycles. The van der Waals surface area contributed by atoms with Gasteiger partial charge < -0.3 is 18.9 Å². The second-order valence-electron chi connectivity index (χ2n) is 6.32. The minimum absolute atomic E-state index is 0.523. The van der Waals surface area contributed by atoms with Crippen molar-refractivity contribution in [3.8, 4) is 34.4 Å². The first-order valence-electron chi connectivity index (χ1n) is 9.38. The maximum absolute atomic E-state index is 5.53. The molecule has 4 rings (SSSR count). The first kappa shape index (κ1) is 20.1. The van der Waals surface area contributed by atoms with Crippen LogP contribution >= 0.6 is 11.8 Å². The van der Waals surface area contributed by atoms with Gasteiger partial charge in [-0.3, -0.25) is 0 Å². The molecule has 0 radical (unpaired) electrons. The van der Waals surface area contributed by atoms with Gasteiger partial charge >= 0.3 is 0 Å². The molecule has 0 spiro atoms. The summed E-state index contributed by atoms with van der Waals surface area (Å²) in [5.41, 5.74) is 2.73. The molecule has 1 aliphatic rings. The van der Waals surface area contributed by atoms with Crippen LogP contribution in [-0.4, -0.2) is 54.3 Å². The fourth-order valence-corrected chi connectivity index (χ4v) is 4.01. The maximum atomic E-state index is 5.53. The molecule has 2 aromatic carbocycles. The predicted molar refractivity (Wildman–Crippen MR) is 115 cm³/mol. The fourth-order valence-electron chi connectivity index (χ4n) is 3.17. The molecule has 156 valence electrons. The van der Waals surface area contributed by atoms with Gasteiger partial charge in [0.05, 0.1) is 33.6 Å². The van der Waals surface area contributed by atoms with Crippen LogP contribution in [0, 0.1) is 0 Å². The third kappa shape index (κ3) is 3.68. The van der Waals surface area contributed by atoms with E-state index in [1.54, 1.807) is 37.8 Å². The van der Waals surface area contributed by atoms with Crippen LogP contribution in [0.2, 0.25) is 0 Å². The van der Waals surface area contributed by atoms with Crippen molar-refractivity contribution in [2.45, 2.75) is 12.1 Å². The van der Waals surface area contributed by atoms with E-state index >= 15 is 0 Å². The summed E-state index contributed by atoms with van der Waals surface area (Å²) >= 11 is 1.59. The number of rotatable bonds is 7. The van der Waals surface area contributed by atoms with Crippen molar-refractivity contribution in [1.82, 2.24) is 14.9 Å². The number of nitrogens with zero attached hydrogens (tertiary/aromatic N) is 4. The highest BCUT2D eigenvalue weighted by molar-refractivity contribution is 7.99. The number of ether oxygens (including phenoxy) is 4. The number of hydrogen-bond donors (Lipinski definition) is 0. The topological polar surface area (TPSA) is 80.0 Å². The summed E-state index contributed by atoms with van der Waals surface area (Å²) in [6.07, 6.45) is 0. The summed E-state index contributed by atoms with van der Waals surface area (Å²) in [5.74, 6) is 3.76. The van der Waals surface area contributed by atoms with Crippen LogP contribution in [0.4, 0.5) is 0 Å². The number of aromatic nitrogens is 3. The normalized spacial score (nSPS) is 12.7. The predicted octanol–water partition coefficient (Wildman–Crippen LogP) is 3.73. The van der Waals surface area contributed by atoms with Crippen LogP contribution in [0.25, 0.3) is 11.4 Å². The third-order valence-electron chi connectivity index (χ3n) is 4.59. The maximum Gasteiger partial charge on any atom is 0.212 e. The zero-order valence-electron chi connectivity index (χ0n) is 17.2. The molecule has 0 atom stereocenters. The molecular weight excluding hydrogens is 404 g/mol. The largest absolute Gasteiger partial charge is 0.494 e. The van der Waals surface area contributed by atoms with E-state index in [2.05, 4.69) is 10.2 Å². The lowest BCUT2D eigenvalue weighted by Gasteiger charge is -2.16. The van der Waals surface area contributed by atoms with Crippen molar-refractivity contribution < 1.29 is 18.9 Å². The summed E-state index contributed by atoms with van der Waals surface area (Å²) in [4.78, 5) is 0. The Labute approximate surface area is 178 Å². The van der Waals surface area contributed by atoms with Crippen LogP contribution in [0.3, 0.4) is 0 Å². The molecule has 1 aromatic heterocycles. The molecule has 0 fully saturated rings. The van der Waals surface area contributed by atoms with Crippen molar-refractivity contribution >= 4 is 17.5 Å². The summed E-state index contributed by atoms with van der Waals surface area (Å²) in [5, 5.41) is 14.2. The molecule has 9 heteroatoms. The van der Waals surface area contributed by atoms with Crippen molar-refractivity contribution in [2.75, 3.05) is 33.7 Å². The van der Waals surface area contributed by atoms with Gasteiger partial charge in [0.25, 0.3) is 0 Å². The van der Waals surface area contributed by atoms with Gasteiger partial charge in [-0.15, -0.1) is 10.2 Å². The van der Waals surface area contributed by atoms with Gasteiger partial charge in [-0.25, -0.2) is 0 Å². The molecule has 2 heterocycles. The first-order valence-corrected chi connectivity index (χ1v) is 10.4. The Kier molecular flexibility index (Phi) is 5.80. The minimum Gasteiger partial charge on any atom is -0.494 e. The van der Waals surface area contributed by atoms with Crippen LogP contribution in [0.15, 0.2) is 46.7 Å². The highest BCUT2D eigenvalue weighted by Crippen LogP contribution is 2.41. The quantitative estimate of drug-likeness (QED) is 0.569. The lowest BCUT2D eigenvalue weighted by atomic mass is 10.1. The molecule has 0 unspecified atom stereocenters. The lowest BCUT2D eigenvalue weighted by Crippen LogP contribution is -2.13. The Bertz CT molecular complexity index is 1050. The number of methoxy groups -OCH3 is 3. The zero-order chi connectivity index (χ0) is 21.1. The Balaban J connectivity index is 1.75. The van der Waals surface area contributed by atoms with E-state index in [9.17, 15) is 0 Å². The summed E-state index contributed by atoms with van der Waals surface area (Å²) in [7, 11) is 4.74. The first-order chi connectivity index (χ1) is 14.7. The van der Waals surface area contributed by atoms with Crippen molar-refractivity contribution in [2.24, 2.45) is 5.10 Å². The average Bonchev–Trinajstić information content (AvgIpc) is 3.22. The second kappa shape index (κ2) is 8.66. The van der Waals surface area contributed by atoms with Gasteiger partial charge in [0.15, 0.2) is 17.3 Å². The molecule has 0 saturated carbocycles. The van der Waals surface area contributed by atoms with E-state index < -0.39 is 0 Å². The van der Waals surface area contributed by atoms with E-state index in [1.165, 1.54) is 0 Å². The Morgan fingerprint density at radius 2 is 1.63 bits per heavy atom. The van der Waals surface area contributed by atoms with Crippen molar-refractivity contribution in [3.63, 3.8) is 0 Å². The monoisotopic (exact) mass is 426 g/mol. The molecular formula is C21H22N4O4S. The molecule has 0 saturated heterocycles. The van der Waals surface area contributed by atoms with Gasteiger partial charge in [-0.05, 0) is 48.9 Å². The standard InChI is InChI=1S/C21H22N4O4S/c1-5-29-15-8-6-13(7-9-15)16-12-30-21-23-22-20(25(21)24-16)14-10-17(26-2)19(28-4)18(11-14)27-3/h6-11H,5,12H2,1-4H3. The molecule has 0 N–H and O–H groups in total. The molecule has 30 heavy (non-hydrogen) atoms. The molecule has 0 amide bonds. The SMILES string of the molecule is CCOc1ccc(C2=Nn3c(nnc3-c3cc(OC)c(OC)c(OC)c3)SC2)cc1. The smallest absolute Gasteiger partial charge is 0.212 e. The number of benzene rings is 2. The molecule has 0 aliphatic carbocycles. The Morgan fingerprint density at radius 1 is 0.933 bits per heavy atom. The highest BCUT2D eigenvalue weighted by atomic mass is 32.2. The van der Waals surface area contributed by atoms with Gasteiger partial charge in [-0.2, -0.15) is 9.78 Å². The minimum atomic E-state index is 0.523. The second-order valence-corrected chi connectivity index (χ2v) is 7.27. The van der Waals surface area contributed by atoms with Gasteiger partial charge in [0.2, 0.25) is 10.9 Å². The van der Waals surface area contributed by atoms with E-state index in [-0.39, 0.29) is 0 Å². The zero-order valence-corrected chi connectivity index (χ0v) is 18.0. The molecule has 0 bridgehead atoms. The van der Waals surface area contributed by atoms with Crippen LogP contribution in [0.5, 0.6) is 23.0 Å². The van der Waals surface area contributed by atoms with Crippen molar-refractivity contribution in [1.29, 1.82) is 0 Å². The third-order valence-corrected chi connectivity index (χ3v) is 5.52. The van der Waals surface area contributed by atoms with Gasteiger partial charge in [0.1, 0.15) is 5.75 Å². The number of thioether (sulfide) groups is 1. The van der Waals surface area contributed by atoms with Gasteiger partial charge in [0, 0.05) is 11.3 Å². The lowest BCUT2D eigenvalue weighted by molar-refractivity contribution is 0.324. The average molecular weight is 426 g/mol. The summed E-state index contributed by atoms with van der Waals surface area (Å²) in [6, 6.07) is 11.6. The molecule has 3 aromatic rings. The Morgan fingerprint density at radius 3 is 2.23 bits per heavy atom. The van der Waals surface area contributed by atoms with E-state index in [4.69, 9.17) is 24.0 Å². The van der Waals surface area contributed by atoms with E-state index in [0.717, 1.165) is 27.7 Å². The fraction of sp³-hybridized carbons (Fsp3) is 0.286. The number of hydrogen-bond acceptors (Lipinski definition) is 8. The molecule has 8 nitrogen and oxygen atoms in total. The van der Waals surface area contributed by atoms with Crippen molar-refractivity contribution in [3.05, 3.63) is 42.0 Å².